The van der Waals surface area contributed by atoms with E-state index in [1.165, 1.54) is 19.3 Å². The quantitative estimate of drug-likeness (QED) is 0.426. The Morgan fingerprint density at radius 3 is 2.24 bits per heavy atom. The van der Waals surface area contributed by atoms with Crippen molar-refractivity contribution >= 4 is 17.5 Å². The maximum atomic E-state index is 12.1. The summed E-state index contributed by atoms with van der Waals surface area (Å²) in [6, 6.07) is 0.368. The summed E-state index contributed by atoms with van der Waals surface area (Å²) in [5, 5.41) is 0. The van der Waals surface area contributed by atoms with Crippen LogP contribution in [0.25, 0.3) is 0 Å². The standard InChI is InChI=1S/C14H28ClNO/c1-4-7-8-9-10-14(17)16(12-11-15)13(5-2)6-3/h13H,4-12H2,1-3H3. The summed E-state index contributed by atoms with van der Waals surface area (Å²) < 4.78 is 0. The van der Waals surface area contributed by atoms with Crippen LogP contribution in [0.1, 0.15) is 65.7 Å². The molecule has 3 heteroatoms. The molecule has 0 fully saturated rings. The first-order valence-corrected chi connectivity index (χ1v) is 7.60. The molecule has 0 aliphatic rings. The smallest absolute Gasteiger partial charge is 0.222 e. The second-order valence-corrected chi connectivity index (χ2v) is 4.94. The SMILES string of the molecule is CCCCCCC(=O)N(CCCl)C(CC)CC. The predicted octanol–water partition coefficient (Wildman–Crippen LogP) is 4.21. The first-order valence-electron chi connectivity index (χ1n) is 7.06. The third-order valence-electron chi connectivity index (χ3n) is 3.27. The zero-order chi connectivity index (χ0) is 13.1. The van der Waals surface area contributed by atoms with E-state index in [-0.39, 0.29) is 5.91 Å². The van der Waals surface area contributed by atoms with Gasteiger partial charge in [0.25, 0.3) is 0 Å². The molecule has 2 nitrogen and oxygen atoms in total. The Morgan fingerprint density at radius 1 is 1.12 bits per heavy atom. The highest BCUT2D eigenvalue weighted by Crippen LogP contribution is 2.13. The number of alkyl halides is 1. The summed E-state index contributed by atoms with van der Waals surface area (Å²) in [5.41, 5.74) is 0. The van der Waals surface area contributed by atoms with Gasteiger partial charge in [-0.1, -0.05) is 40.0 Å². The Morgan fingerprint density at radius 2 is 1.76 bits per heavy atom. The van der Waals surface area contributed by atoms with E-state index in [4.69, 9.17) is 11.6 Å². The lowest BCUT2D eigenvalue weighted by atomic mass is 10.1. The van der Waals surface area contributed by atoms with E-state index >= 15 is 0 Å². The summed E-state index contributed by atoms with van der Waals surface area (Å²) in [4.78, 5) is 14.1. The van der Waals surface area contributed by atoms with Crippen molar-refractivity contribution in [2.45, 2.75) is 71.8 Å². The van der Waals surface area contributed by atoms with Crippen molar-refractivity contribution in [3.8, 4) is 0 Å². The summed E-state index contributed by atoms with van der Waals surface area (Å²) >= 11 is 5.79. The van der Waals surface area contributed by atoms with Crippen molar-refractivity contribution in [1.82, 2.24) is 4.90 Å². The van der Waals surface area contributed by atoms with Crippen LogP contribution in [0.2, 0.25) is 0 Å². The van der Waals surface area contributed by atoms with Crippen LogP contribution in [-0.2, 0) is 4.79 Å². The minimum Gasteiger partial charge on any atom is -0.339 e. The molecule has 0 aromatic rings. The second kappa shape index (κ2) is 10.9. The molecule has 0 saturated heterocycles. The van der Waals surface area contributed by atoms with Gasteiger partial charge in [-0.15, -0.1) is 11.6 Å². The maximum Gasteiger partial charge on any atom is 0.222 e. The third kappa shape index (κ3) is 6.92. The molecule has 0 aliphatic heterocycles. The molecule has 0 N–H and O–H groups in total. The van der Waals surface area contributed by atoms with Crippen LogP contribution in [0.5, 0.6) is 0 Å². The molecule has 17 heavy (non-hydrogen) atoms. The van der Waals surface area contributed by atoms with Gasteiger partial charge in [0, 0.05) is 24.9 Å². The number of carbonyl (C=O) groups is 1. The fourth-order valence-electron chi connectivity index (χ4n) is 2.18. The van der Waals surface area contributed by atoms with Crippen molar-refractivity contribution in [1.29, 1.82) is 0 Å². The molecule has 0 unspecified atom stereocenters. The molecular weight excluding hydrogens is 234 g/mol. The number of hydrogen-bond donors (Lipinski definition) is 0. The molecule has 0 aliphatic carbocycles. The normalized spacial score (nSPS) is 10.9. The van der Waals surface area contributed by atoms with Crippen LogP contribution < -0.4 is 0 Å². The fourth-order valence-corrected chi connectivity index (χ4v) is 2.36. The number of hydrogen-bond acceptors (Lipinski definition) is 1. The molecule has 102 valence electrons. The van der Waals surface area contributed by atoms with Gasteiger partial charge in [-0.05, 0) is 19.3 Å². The molecule has 0 bridgehead atoms. The van der Waals surface area contributed by atoms with Gasteiger partial charge in [0.05, 0.1) is 0 Å². The molecule has 0 saturated carbocycles. The highest BCUT2D eigenvalue weighted by molar-refractivity contribution is 6.18. The van der Waals surface area contributed by atoms with Gasteiger partial charge >= 0.3 is 0 Å². The zero-order valence-electron chi connectivity index (χ0n) is 11.7. The van der Waals surface area contributed by atoms with Crippen LogP contribution in [0, 0.1) is 0 Å². The Balaban J connectivity index is 4.13. The molecule has 0 rings (SSSR count). The van der Waals surface area contributed by atoms with Crippen LogP contribution in [0.3, 0.4) is 0 Å². The lowest BCUT2D eigenvalue weighted by molar-refractivity contribution is -0.133. The van der Waals surface area contributed by atoms with Gasteiger partial charge < -0.3 is 4.90 Å². The van der Waals surface area contributed by atoms with Gasteiger partial charge in [0.15, 0.2) is 0 Å². The predicted molar refractivity (Wildman–Crippen MR) is 75.6 cm³/mol. The lowest BCUT2D eigenvalue weighted by Crippen LogP contribution is -2.40. The Hall–Kier alpha value is -0.240. The highest BCUT2D eigenvalue weighted by atomic mass is 35.5. The highest BCUT2D eigenvalue weighted by Gasteiger charge is 2.19. The van der Waals surface area contributed by atoms with E-state index in [2.05, 4.69) is 20.8 Å². The van der Waals surface area contributed by atoms with Gasteiger partial charge in [-0.3, -0.25) is 4.79 Å². The number of carbonyl (C=O) groups excluding carboxylic acids is 1. The molecule has 0 aromatic carbocycles. The van der Waals surface area contributed by atoms with Gasteiger partial charge in [0.1, 0.15) is 0 Å². The van der Waals surface area contributed by atoms with Gasteiger partial charge in [-0.25, -0.2) is 0 Å². The largest absolute Gasteiger partial charge is 0.339 e. The number of unbranched alkanes of at least 4 members (excludes halogenated alkanes) is 3. The number of nitrogens with zero attached hydrogens (tertiary/aromatic N) is 1. The van der Waals surface area contributed by atoms with Crippen molar-refractivity contribution < 1.29 is 4.79 Å². The summed E-state index contributed by atoms with van der Waals surface area (Å²) in [6.07, 6.45) is 7.36. The second-order valence-electron chi connectivity index (χ2n) is 4.56. The summed E-state index contributed by atoms with van der Waals surface area (Å²) in [7, 11) is 0. The van der Waals surface area contributed by atoms with Crippen LogP contribution in [-0.4, -0.2) is 29.3 Å². The van der Waals surface area contributed by atoms with Crippen molar-refractivity contribution in [3.63, 3.8) is 0 Å². The van der Waals surface area contributed by atoms with E-state index in [0.717, 1.165) is 19.3 Å². The lowest BCUT2D eigenvalue weighted by Gasteiger charge is -2.30. The Kier molecular flexibility index (Phi) is 10.7. The van der Waals surface area contributed by atoms with E-state index < -0.39 is 0 Å². The van der Waals surface area contributed by atoms with Crippen LogP contribution in [0.15, 0.2) is 0 Å². The number of rotatable bonds is 10. The number of amides is 1. The molecular formula is C14H28ClNO. The fraction of sp³-hybridized carbons (Fsp3) is 0.929. The van der Waals surface area contributed by atoms with E-state index in [9.17, 15) is 4.79 Å². The molecule has 0 radical (unpaired) electrons. The molecule has 0 atom stereocenters. The van der Waals surface area contributed by atoms with Crippen molar-refractivity contribution in [3.05, 3.63) is 0 Å². The van der Waals surface area contributed by atoms with E-state index in [1.54, 1.807) is 0 Å². The average molecular weight is 262 g/mol. The van der Waals surface area contributed by atoms with Crippen LogP contribution in [0.4, 0.5) is 0 Å². The maximum absolute atomic E-state index is 12.1. The first kappa shape index (κ1) is 16.8. The first-order chi connectivity index (χ1) is 8.21. The average Bonchev–Trinajstić information content (AvgIpc) is 2.34. The summed E-state index contributed by atoms with van der Waals surface area (Å²) in [5.74, 6) is 0.826. The van der Waals surface area contributed by atoms with Gasteiger partial charge in [0.2, 0.25) is 5.91 Å². The van der Waals surface area contributed by atoms with Gasteiger partial charge in [-0.2, -0.15) is 0 Å². The minimum atomic E-state index is 0.287. The number of halogens is 1. The Labute approximate surface area is 112 Å². The molecule has 1 amide bonds. The molecule has 0 heterocycles. The monoisotopic (exact) mass is 261 g/mol. The molecule has 0 spiro atoms. The van der Waals surface area contributed by atoms with E-state index in [0.29, 0.717) is 24.9 Å². The molecule has 0 aromatic heterocycles. The van der Waals surface area contributed by atoms with Crippen LogP contribution >= 0.6 is 11.6 Å². The Bertz CT molecular complexity index is 193. The minimum absolute atomic E-state index is 0.287. The summed E-state index contributed by atoms with van der Waals surface area (Å²) in [6.45, 7) is 7.16. The van der Waals surface area contributed by atoms with Crippen molar-refractivity contribution in [2.24, 2.45) is 0 Å². The topological polar surface area (TPSA) is 20.3 Å². The van der Waals surface area contributed by atoms with Crippen molar-refractivity contribution in [2.75, 3.05) is 12.4 Å². The third-order valence-corrected chi connectivity index (χ3v) is 3.44. The van der Waals surface area contributed by atoms with E-state index in [1.807, 2.05) is 4.90 Å². The zero-order valence-corrected chi connectivity index (χ0v) is 12.4.